The van der Waals surface area contributed by atoms with E-state index in [1.807, 2.05) is 19.1 Å². The molecule has 0 spiro atoms. The molecule has 0 radical (unpaired) electrons. The molecule has 0 bridgehead atoms. The van der Waals surface area contributed by atoms with Gasteiger partial charge in [0.25, 0.3) is 5.91 Å². The Labute approximate surface area is 101 Å². The lowest BCUT2D eigenvalue weighted by Crippen LogP contribution is -2.27. The smallest absolute Gasteiger partial charge is 0.253 e. The van der Waals surface area contributed by atoms with Crippen LogP contribution in [0.25, 0.3) is 0 Å². The number of anilines is 2. The van der Waals surface area contributed by atoms with Crippen LogP contribution in [0.4, 0.5) is 11.5 Å². The SMILES string of the molecule is CNc1ccc(NC(=O)C2CCC(C)O2)cn1. The van der Waals surface area contributed by atoms with Crippen LogP contribution in [-0.2, 0) is 9.53 Å². The Bertz CT molecular complexity index is 391. The molecule has 2 rings (SSSR count). The van der Waals surface area contributed by atoms with E-state index in [0.29, 0.717) is 5.69 Å². The van der Waals surface area contributed by atoms with Gasteiger partial charge < -0.3 is 15.4 Å². The van der Waals surface area contributed by atoms with Gasteiger partial charge in [-0.1, -0.05) is 0 Å². The zero-order valence-electron chi connectivity index (χ0n) is 10.1. The third-order valence-electron chi connectivity index (χ3n) is 2.81. The van der Waals surface area contributed by atoms with Gasteiger partial charge in [0.2, 0.25) is 0 Å². The summed E-state index contributed by atoms with van der Waals surface area (Å²) in [5.74, 6) is 0.682. The molecule has 1 aliphatic heterocycles. The first-order chi connectivity index (χ1) is 8.19. The fourth-order valence-corrected chi connectivity index (χ4v) is 1.83. The van der Waals surface area contributed by atoms with Crippen LogP contribution in [-0.4, -0.2) is 30.1 Å². The van der Waals surface area contributed by atoms with E-state index in [9.17, 15) is 4.79 Å². The second kappa shape index (κ2) is 5.14. The highest BCUT2D eigenvalue weighted by Gasteiger charge is 2.28. The number of rotatable bonds is 3. The number of nitrogens with one attached hydrogen (secondary N) is 2. The van der Waals surface area contributed by atoms with Crippen molar-refractivity contribution in [1.82, 2.24) is 4.98 Å². The van der Waals surface area contributed by atoms with Gasteiger partial charge in [-0.3, -0.25) is 4.79 Å². The quantitative estimate of drug-likeness (QED) is 0.835. The lowest BCUT2D eigenvalue weighted by Gasteiger charge is -2.11. The number of pyridine rings is 1. The van der Waals surface area contributed by atoms with Crippen molar-refractivity contribution in [3.8, 4) is 0 Å². The van der Waals surface area contributed by atoms with E-state index in [1.165, 1.54) is 0 Å². The first-order valence-corrected chi connectivity index (χ1v) is 5.79. The summed E-state index contributed by atoms with van der Waals surface area (Å²) in [7, 11) is 1.80. The van der Waals surface area contributed by atoms with Crippen molar-refractivity contribution in [1.29, 1.82) is 0 Å². The molecule has 0 aromatic carbocycles. The second-order valence-electron chi connectivity index (χ2n) is 4.18. The van der Waals surface area contributed by atoms with Crippen LogP contribution in [0.2, 0.25) is 0 Å². The van der Waals surface area contributed by atoms with Crippen molar-refractivity contribution in [2.75, 3.05) is 17.7 Å². The molecular weight excluding hydrogens is 218 g/mol. The molecular formula is C12H17N3O2. The maximum atomic E-state index is 11.8. The predicted octanol–water partition coefficient (Wildman–Crippen LogP) is 1.63. The lowest BCUT2D eigenvalue weighted by molar-refractivity contribution is -0.126. The summed E-state index contributed by atoms with van der Waals surface area (Å²) >= 11 is 0. The van der Waals surface area contributed by atoms with Crippen molar-refractivity contribution in [3.05, 3.63) is 18.3 Å². The van der Waals surface area contributed by atoms with E-state index in [1.54, 1.807) is 13.2 Å². The molecule has 0 saturated carbocycles. The fraction of sp³-hybridized carbons (Fsp3) is 0.500. The van der Waals surface area contributed by atoms with Gasteiger partial charge >= 0.3 is 0 Å². The highest BCUT2D eigenvalue weighted by atomic mass is 16.5. The highest BCUT2D eigenvalue weighted by molar-refractivity contribution is 5.94. The molecule has 1 amide bonds. The fourth-order valence-electron chi connectivity index (χ4n) is 1.83. The van der Waals surface area contributed by atoms with Gasteiger partial charge in [-0.2, -0.15) is 0 Å². The van der Waals surface area contributed by atoms with E-state index >= 15 is 0 Å². The highest BCUT2D eigenvalue weighted by Crippen LogP contribution is 2.20. The van der Waals surface area contributed by atoms with Crippen LogP contribution in [0.15, 0.2) is 18.3 Å². The molecule has 0 aliphatic carbocycles. The van der Waals surface area contributed by atoms with Crippen LogP contribution < -0.4 is 10.6 Å². The second-order valence-corrected chi connectivity index (χ2v) is 4.18. The number of hydrogen-bond donors (Lipinski definition) is 2. The summed E-state index contributed by atoms with van der Waals surface area (Å²) in [4.78, 5) is 16.0. The maximum Gasteiger partial charge on any atom is 0.253 e. The summed E-state index contributed by atoms with van der Waals surface area (Å²) in [5, 5.41) is 5.72. The number of aromatic nitrogens is 1. The van der Waals surface area contributed by atoms with Crippen molar-refractivity contribution < 1.29 is 9.53 Å². The van der Waals surface area contributed by atoms with Crippen molar-refractivity contribution in [2.45, 2.75) is 32.0 Å². The van der Waals surface area contributed by atoms with Gasteiger partial charge in [0.15, 0.2) is 0 Å². The Morgan fingerprint density at radius 1 is 1.47 bits per heavy atom. The van der Waals surface area contributed by atoms with E-state index < -0.39 is 0 Å². The zero-order chi connectivity index (χ0) is 12.3. The summed E-state index contributed by atoms with van der Waals surface area (Å²) in [5.41, 5.74) is 0.692. The third-order valence-corrected chi connectivity index (χ3v) is 2.81. The number of nitrogens with zero attached hydrogens (tertiary/aromatic N) is 1. The average molecular weight is 235 g/mol. The largest absolute Gasteiger partial charge is 0.373 e. The van der Waals surface area contributed by atoms with Crippen LogP contribution in [0.5, 0.6) is 0 Å². The standard InChI is InChI=1S/C12H17N3O2/c1-8-3-5-10(17-8)12(16)15-9-4-6-11(13-2)14-7-9/h4,6-8,10H,3,5H2,1-2H3,(H,13,14)(H,15,16). The van der Waals surface area contributed by atoms with Gasteiger partial charge in [-0.05, 0) is 31.9 Å². The molecule has 5 heteroatoms. The van der Waals surface area contributed by atoms with Crippen LogP contribution in [0, 0.1) is 0 Å². The van der Waals surface area contributed by atoms with Gasteiger partial charge in [0.05, 0.1) is 18.0 Å². The first kappa shape index (κ1) is 11.9. The Morgan fingerprint density at radius 2 is 2.29 bits per heavy atom. The van der Waals surface area contributed by atoms with Gasteiger partial charge in [-0.25, -0.2) is 4.98 Å². The summed E-state index contributed by atoms with van der Waals surface area (Å²) in [6.07, 6.45) is 3.20. The van der Waals surface area contributed by atoms with E-state index in [-0.39, 0.29) is 18.1 Å². The van der Waals surface area contributed by atoms with E-state index in [4.69, 9.17) is 4.74 Å². The zero-order valence-corrected chi connectivity index (χ0v) is 10.1. The average Bonchev–Trinajstić information content (AvgIpc) is 2.77. The topological polar surface area (TPSA) is 63.2 Å². The minimum absolute atomic E-state index is 0.0895. The molecule has 5 nitrogen and oxygen atoms in total. The Balaban J connectivity index is 1.93. The predicted molar refractivity (Wildman–Crippen MR) is 66.0 cm³/mol. The van der Waals surface area contributed by atoms with Crippen LogP contribution >= 0.6 is 0 Å². The molecule has 2 heterocycles. The molecule has 2 unspecified atom stereocenters. The summed E-state index contributed by atoms with van der Waals surface area (Å²) in [6, 6.07) is 3.63. The molecule has 1 saturated heterocycles. The normalized spacial score (nSPS) is 23.4. The van der Waals surface area contributed by atoms with Gasteiger partial charge in [-0.15, -0.1) is 0 Å². The van der Waals surface area contributed by atoms with Gasteiger partial charge in [0.1, 0.15) is 11.9 Å². The Morgan fingerprint density at radius 3 is 2.82 bits per heavy atom. The molecule has 1 aromatic heterocycles. The Kier molecular flexibility index (Phi) is 3.58. The molecule has 2 N–H and O–H groups in total. The number of amides is 1. The van der Waals surface area contributed by atoms with Crippen molar-refractivity contribution in [2.24, 2.45) is 0 Å². The molecule has 1 fully saturated rings. The van der Waals surface area contributed by atoms with E-state index in [0.717, 1.165) is 18.7 Å². The van der Waals surface area contributed by atoms with Crippen LogP contribution in [0.1, 0.15) is 19.8 Å². The number of ether oxygens (including phenoxy) is 1. The third kappa shape index (κ3) is 2.94. The summed E-state index contributed by atoms with van der Waals surface area (Å²) < 4.78 is 5.50. The molecule has 17 heavy (non-hydrogen) atoms. The van der Waals surface area contributed by atoms with Crippen molar-refractivity contribution >= 4 is 17.4 Å². The monoisotopic (exact) mass is 235 g/mol. The number of carbonyl (C=O) groups excluding carboxylic acids is 1. The molecule has 1 aliphatic rings. The van der Waals surface area contributed by atoms with Crippen LogP contribution in [0.3, 0.4) is 0 Å². The molecule has 1 aromatic rings. The Hall–Kier alpha value is -1.62. The van der Waals surface area contributed by atoms with Crippen molar-refractivity contribution in [3.63, 3.8) is 0 Å². The summed E-state index contributed by atoms with van der Waals surface area (Å²) in [6.45, 7) is 1.98. The number of carbonyl (C=O) groups is 1. The van der Waals surface area contributed by atoms with E-state index in [2.05, 4.69) is 15.6 Å². The minimum atomic E-state index is -0.325. The number of hydrogen-bond acceptors (Lipinski definition) is 4. The molecule has 92 valence electrons. The maximum absolute atomic E-state index is 11.8. The minimum Gasteiger partial charge on any atom is -0.373 e. The lowest BCUT2D eigenvalue weighted by atomic mass is 10.2. The first-order valence-electron chi connectivity index (χ1n) is 5.79. The molecule has 2 atom stereocenters. The van der Waals surface area contributed by atoms with Gasteiger partial charge in [0, 0.05) is 7.05 Å².